The van der Waals surface area contributed by atoms with Crippen molar-refractivity contribution in [2.45, 2.75) is 30.6 Å². The molecule has 0 aliphatic heterocycles. The lowest BCUT2D eigenvalue weighted by molar-refractivity contribution is 0.329. The average molecular weight is 506 g/mol. The molecule has 0 amide bonds. The Labute approximate surface area is 198 Å². The molecule has 2 heterocycles. The molecule has 5 rings (SSSR count). The molecular weight excluding hydrogens is 484 g/mol. The predicted octanol–water partition coefficient (Wildman–Crippen LogP) is 4.66. The van der Waals surface area contributed by atoms with Crippen LogP contribution in [0, 0.1) is 11.6 Å². The maximum atomic E-state index is 15.4. The maximum Gasteiger partial charge on any atom is 0.266 e. The van der Waals surface area contributed by atoms with E-state index in [9.17, 15) is 12.8 Å². The highest BCUT2D eigenvalue weighted by atomic mass is 32.2. The number of aromatic amines is 1. The lowest BCUT2D eigenvalue weighted by Crippen LogP contribution is -2.15. The van der Waals surface area contributed by atoms with Crippen molar-refractivity contribution in [2.75, 3.05) is 23.8 Å². The van der Waals surface area contributed by atoms with Crippen molar-refractivity contribution < 1.29 is 31.2 Å². The van der Waals surface area contributed by atoms with Gasteiger partial charge in [-0.1, -0.05) is 5.16 Å². The van der Waals surface area contributed by atoms with Crippen LogP contribution < -0.4 is 19.5 Å². The lowest BCUT2D eigenvalue weighted by Gasteiger charge is -2.12. The SMILES string of the molecule is CCOc1cc(F)ccc1S(=O)(=O)Nc1noc2cc(Nc3cc(C4CC4)[nH]n3)c(F)c(OC)c12. The zero-order valence-corrected chi connectivity index (χ0v) is 19.5. The number of sulfonamides is 1. The molecular formula is C22H21F2N5O5S. The highest BCUT2D eigenvalue weighted by molar-refractivity contribution is 7.92. The summed E-state index contributed by atoms with van der Waals surface area (Å²) >= 11 is 0. The molecule has 1 saturated carbocycles. The second-order valence-corrected chi connectivity index (χ2v) is 9.56. The maximum absolute atomic E-state index is 15.4. The largest absolute Gasteiger partial charge is 0.493 e. The van der Waals surface area contributed by atoms with Gasteiger partial charge in [-0.3, -0.25) is 9.82 Å². The van der Waals surface area contributed by atoms with Gasteiger partial charge in [0.05, 0.1) is 19.4 Å². The van der Waals surface area contributed by atoms with Crippen molar-refractivity contribution >= 4 is 38.3 Å². The summed E-state index contributed by atoms with van der Waals surface area (Å²) in [6.07, 6.45) is 2.16. The van der Waals surface area contributed by atoms with Gasteiger partial charge in [0.1, 0.15) is 21.8 Å². The van der Waals surface area contributed by atoms with Crippen LogP contribution >= 0.6 is 0 Å². The normalized spacial score (nSPS) is 13.7. The summed E-state index contributed by atoms with van der Waals surface area (Å²) < 4.78 is 73.1. The van der Waals surface area contributed by atoms with Gasteiger partial charge in [-0.05, 0) is 31.9 Å². The number of anilines is 3. The predicted molar refractivity (Wildman–Crippen MR) is 123 cm³/mol. The van der Waals surface area contributed by atoms with Crippen LogP contribution in [0.1, 0.15) is 31.4 Å². The second-order valence-electron chi connectivity index (χ2n) is 7.91. The molecule has 184 valence electrons. The first-order valence-electron chi connectivity index (χ1n) is 10.7. The van der Waals surface area contributed by atoms with Gasteiger partial charge in [0, 0.05) is 29.8 Å². The fourth-order valence-electron chi connectivity index (χ4n) is 3.70. The smallest absolute Gasteiger partial charge is 0.266 e. The summed E-state index contributed by atoms with van der Waals surface area (Å²) in [4.78, 5) is -0.320. The molecule has 2 aromatic carbocycles. The molecule has 10 nitrogen and oxygen atoms in total. The standard InChI is InChI=1S/C22H21F2N5O5S/c1-3-33-15-8-12(23)6-7-17(15)35(30,31)29-22-19-16(34-28-22)9-14(20(24)21(19)32-2)25-18-10-13(26-27-18)11-4-5-11/h6-11H,3-5H2,1-2H3,(H,28,29)(H2,25,26,27). The van der Waals surface area contributed by atoms with E-state index in [4.69, 9.17) is 14.0 Å². The number of nitrogens with one attached hydrogen (secondary N) is 3. The molecule has 1 aliphatic rings. The minimum Gasteiger partial charge on any atom is -0.493 e. The number of fused-ring (bicyclic) bond motifs is 1. The third-order valence-electron chi connectivity index (χ3n) is 5.46. The number of hydrogen-bond acceptors (Lipinski definition) is 8. The Morgan fingerprint density at radius 2 is 2.03 bits per heavy atom. The van der Waals surface area contributed by atoms with Gasteiger partial charge in [-0.2, -0.15) is 5.10 Å². The molecule has 1 fully saturated rings. The minimum atomic E-state index is -4.31. The van der Waals surface area contributed by atoms with E-state index >= 15 is 4.39 Å². The van der Waals surface area contributed by atoms with Crippen LogP contribution in [0.5, 0.6) is 11.5 Å². The Kier molecular flexibility index (Phi) is 5.71. The van der Waals surface area contributed by atoms with Crippen LogP contribution in [0.4, 0.5) is 26.1 Å². The number of nitrogens with zero attached hydrogens (tertiary/aromatic N) is 2. The Morgan fingerprint density at radius 1 is 1.23 bits per heavy atom. The molecule has 0 atom stereocenters. The van der Waals surface area contributed by atoms with E-state index in [2.05, 4.69) is 25.4 Å². The Hall–Kier alpha value is -3.87. The highest BCUT2D eigenvalue weighted by Crippen LogP contribution is 2.42. The molecule has 4 aromatic rings. The van der Waals surface area contributed by atoms with E-state index in [1.54, 1.807) is 13.0 Å². The van der Waals surface area contributed by atoms with E-state index in [1.165, 1.54) is 13.2 Å². The zero-order chi connectivity index (χ0) is 24.7. The van der Waals surface area contributed by atoms with Crippen LogP contribution in [0.3, 0.4) is 0 Å². The third-order valence-corrected chi connectivity index (χ3v) is 6.84. The summed E-state index contributed by atoms with van der Waals surface area (Å²) in [6.45, 7) is 1.75. The number of rotatable bonds is 9. The monoisotopic (exact) mass is 505 g/mol. The lowest BCUT2D eigenvalue weighted by atomic mass is 10.2. The van der Waals surface area contributed by atoms with E-state index in [-0.39, 0.29) is 45.5 Å². The van der Waals surface area contributed by atoms with E-state index in [0.717, 1.165) is 36.7 Å². The summed E-state index contributed by atoms with van der Waals surface area (Å²) in [7, 11) is -3.08. The summed E-state index contributed by atoms with van der Waals surface area (Å²) in [5, 5.41) is 13.7. The first kappa shape index (κ1) is 22.9. The number of hydrogen-bond donors (Lipinski definition) is 3. The van der Waals surface area contributed by atoms with Crippen LogP contribution in [0.15, 0.2) is 39.8 Å². The van der Waals surface area contributed by atoms with Crippen molar-refractivity contribution in [3.8, 4) is 11.5 Å². The zero-order valence-electron chi connectivity index (χ0n) is 18.7. The number of methoxy groups -OCH3 is 1. The van der Waals surface area contributed by atoms with Crippen LogP contribution in [-0.4, -0.2) is 37.5 Å². The molecule has 1 aliphatic carbocycles. The van der Waals surface area contributed by atoms with Crippen molar-refractivity contribution in [2.24, 2.45) is 0 Å². The molecule has 3 N–H and O–H groups in total. The highest BCUT2D eigenvalue weighted by Gasteiger charge is 2.28. The number of H-pyrrole nitrogens is 1. The fourth-order valence-corrected chi connectivity index (χ4v) is 4.83. The second kappa shape index (κ2) is 8.73. The number of ether oxygens (including phenoxy) is 2. The van der Waals surface area contributed by atoms with Gasteiger partial charge in [0.25, 0.3) is 10.0 Å². The molecule has 2 aromatic heterocycles. The van der Waals surface area contributed by atoms with E-state index in [0.29, 0.717) is 11.7 Å². The van der Waals surface area contributed by atoms with Crippen molar-refractivity contribution in [3.63, 3.8) is 0 Å². The first-order chi connectivity index (χ1) is 16.8. The van der Waals surface area contributed by atoms with Crippen LogP contribution in [0.2, 0.25) is 0 Å². The van der Waals surface area contributed by atoms with Gasteiger partial charge < -0.3 is 19.3 Å². The molecule has 0 spiro atoms. The minimum absolute atomic E-state index is 0.00548. The van der Waals surface area contributed by atoms with E-state index in [1.807, 2.05) is 0 Å². The van der Waals surface area contributed by atoms with Crippen molar-refractivity contribution in [3.05, 3.63) is 47.7 Å². The third kappa shape index (κ3) is 4.34. The van der Waals surface area contributed by atoms with Gasteiger partial charge >= 0.3 is 0 Å². The molecule has 0 radical (unpaired) electrons. The Balaban J connectivity index is 1.50. The fraction of sp³-hybridized carbons (Fsp3) is 0.273. The van der Waals surface area contributed by atoms with E-state index < -0.39 is 21.7 Å². The first-order valence-corrected chi connectivity index (χ1v) is 12.2. The molecule has 35 heavy (non-hydrogen) atoms. The summed E-state index contributed by atoms with van der Waals surface area (Å²) in [5.74, 6) is -1.37. The average Bonchev–Trinajstić information content (AvgIpc) is 3.45. The number of halogens is 2. The summed E-state index contributed by atoms with van der Waals surface area (Å²) in [5.41, 5.74) is 1.03. The van der Waals surface area contributed by atoms with Gasteiger partial charge in [0.15, 0.2) is 28.8 Å². The molecule has 0 bridgehead atoms. The molecule has 0 unspecified atom stereocenters. The van der Waals surface area contributed by atoms with Gasteiger partial charge in [-0.15, -0.1) is 0 Å². The van der Waals surface area contributed by atoms with Gasteiger partial charge in [0.2, 0.25) is 0 Å². The van der Waals surface area contributed by atoms with Crippen LogP contribution in [0.25, 0.3) is 11.0 Å². The number of benzene rings is 2. The van der Waals surface area contributed by atoms with Crippen molar-refractivity contribution in [1.29, 1.82) is 0 Å². The van der Waals surface area contributed by atoms with Gasteiger partial charge in [-0.25, -0.2) is 17.2 Å². The Morgan fingerprint density at radius 3 is 2.74 bits per heavy atom. The quantitative estimate of drug-likeness (QED) is 0.299. The van der Waals surface area contributed by atoms with Crippen molar-refractivity contribution in [1.82, 2.24) is 15.4 Å². The summed E-state index contributed by atoms with van der Waals surface area (Å²) in [6, 6.07) is 6.13. The molecule has 0 saturated heterocycles. The number of aromatic nitrogens is 3. The van der Waals surface area contributed by atoms with Crippen LogP contribution in [-0.2, 0) is 10.0 Å². The Bertz CT molecular complexity index is 1510. The topological polar surface area (TPSA) is 131 Å². The molecule has 13 heteroatoms.